The van der Waals surface area contributed by atoms with E-state index < -0.39 is 18.0 Å². The zero-order valence-corrected chi connectivity index (χ0v) is 14.5. The van der Waals surface area contributed by atoms with Gasteiger partial charge in [0.15, 0.2) is 11.9 Å². The number of hydrogen-bond donors (Lipinski definition) is 2. The number of hydrogen-bond acceptors (Lipinski definition) is 5. The van der Waals surface area contributed by atoms with Gasteiger partial charge in [0.25, 0.3) is 5.91 Å². The lowest BCUT2D eigenvalue weighted by atomic mass is 10.1. The number of Topliss-reactive ketones (excluding diaryl/α,β-unsaturated/α-hetero) is 1. The van der Waals surface area contributed by atoms with E-state index in [1.54, 1.807) is 24.3 Å². The van der Waals surface area contributed by atoms with E-state index in [1.807, 2.05) is 0 Å². The monoisotopic (exact) mass is 360 g/mol. The number of nitrogen functional groups attached to an aromatic ring is 1. The minimum absolute atomic E-state index is 0.117. The fourth-order valence-corrected chi connectivity index (χ4v) is 2.24. The minimum Gasteiger partial charge on any atom is -0.449 e. The van der Waals surface area contributed by atoms with Gasteiger partial charge >= 0.3 is 5.97 Å². The first-order chi connectivity index (χ1) is 11.8. The molecule has 2 aromatic carbocycles. The molecule has 130 valence electrons. The molecule has 1 amide bonds. The molecule has 0 aromatic heterocycles. The zero-order chi connectivity index (χ0) is 18.6. The smallest absolute Gasteiger partial charge is 0.341 e. The van der Waals surface area contributed by atoms with Gasteiger partial charge in [0, 0.05) is 22.0 Å². The van der Waals surface area contributed by atoms with Crippen molar-refractivity contribution >= 4 is 40.6 Å². The Hall–Kier alpha value is -2.86. The lowest BCUT2D eigenvalue weighted by Crippen LogP contribution is -2.30. The van der Waals surface area contributed by atoms with Crippen LogP contribution in [0.3, 0.4) is 0 Å². The lowest BCUT2D eigenvalue weighted by molar-refractivity contribution is -0.123. The van der Waals surface area contributed by atoms with Crippen LogP contribution in [0.4, 0.5) is 11.4 Å². The molecule has 2 aromatic rings. The maximum absolute atomic E-state index is 12.2. The number of halogens is 1. The van der Waals surface area contributed by atoms with Crippen LogP contribution >= 0.6 is 11.6 Å². The highest BCUT2D eigenvalue weighted by atomic mass is 35.5. The highest BCUT2D eigenvalue weighted by Crippen LogP contribution is 2.19. The molecule has 25 heavy (non-hydrogen) atoms. The van der Waals surface area contributed by atoms with E-state index in [9.17, 15) is 14.4 Å². The van der Waals surface area contributed by atoms with E-state index in [4.69, 9.17) is 22.1 Å². The van der Waals surface area contributed by atoms with Crippen molar-refractivity contribution in [2.45, 2.75) is 20.0 Å². The van der Waals surface area contributed by atoms with Crippen LogP contribution in [-0.2, 0) is 9.53 Å². The number of rotatable bonds is 5. The van der Waals surface area contributed by atoms with Gasteiger partial charge in [0.05, 0.1) is 5.56 Å². The van der Waals surface area contributed by atoms with Crippen molar-refractivity contribution in [2.75, 3.05) is 11.1 Å². The SMILES string of the molecule is CC(=O)c1cccc(NC(=O)[C@H](C)OC(=O)c2ccc(Cl)cc2N)c1. The van der Waals surface area contributed by atoms with Crippen molar-refractivity contribution in [1.82, 2.24) is 0 Å². The largest absolute Gasteiger partial charge is 0.449 e. The Morgan fingerprint density at radius 3 is 2.52 bits per heavy atom. The van der Waals surface area contributed by atoms with Crippen molar-refractivity contribution in [3.05, 3.63) is 58.6 Å². The number of esters is 1. The minimum atomic E-state index is -1.05. The number of amides is 1. The third-order valence-corrected chi connectivity index (χ3v) is 3.66. The zero-order valence-electron chi connectivity index (χ0n) is 13.7. The van der Waals surface area contributed by atoms with Crippen molar-refractivity contribution in [3.8, 4) is 0 Å². The van der Waals surface area contributed by atoms with Crippen LogP contribution in [0.15, 0.2) is 42.5 Å². The number of benzene rings is 2. The van der Waals surface area contributed by atoms with E-state index in [2.05, 4.69) is 5.32 Å². The van der Waals surface area contributed by atoms with Gasteiger partial charge in [-0.25, -0.2) is 4.79 Å². The predicted molar refractivity (Wildman–Crippen MR) is 95.8 cm³/mol. The summed E-state index contributed by atoms with van der Waals surface area (Å²) in [5.74, 6) is -1.37. The Balaban J connectivity index is 2.03. The van der Waals surface area contributed by atoms with Crippen LogP contribution in [0.5, 0.6) is 0 Å². The second-order valence-electron chi connectivity index (χ2n) is 5.41. The second kappa shape index (κ2) is 7.81. The van der Waals surface area contributed by atoms with Crippen LogP contribution in [0.1, 0.15) is 34.6 Å². The Kier molecular flexibility index (Phi) is 5.77. The number of carbonyl (C=O) groups is 3. The average molecular weight is 361 g/mol. The van der Waals surface area contributed by atoms with Gasteiger partial charge in [0.2, 0.25) is 0 Å². The third-order valence-electron chi connectivity index (χ3n) is 3.42. The van der Waals surface area contributed by atoms with E-state index in [1.165, 1.54) is 32.0 Å². The summed E-state index contributed by atoms with van der Waals surface area (Å²) in [6.45, 7) is 2.87. The maximum atomic E-state index is 12.2. The molecule has 0 aliphatic heterocycles. The van der Waals surface area contributed by atoms with Gasteiger partial charge < -0.3 is 15.8 Å². The van der Waals surface area contributed by atoms with Gasteiger partial charge in [-0.05, 0) is 44.2 Å². The Morgan fingerprint density at radius 2 is 1.88 bits per heavy atom. The van der Waals surface area contributed by atoms with Gasteiger partial charge in [-0.1, -0.05) is 23.7 Å². The van der Waals surface area contributed by atoms with Crippen molar-refractivity contribution in [1.29, 1.82) is 0 Å². The molecular weight excluding hydrogens is 344 g/mol. The number of nitrogens with one attached hydrogen (secondary N) is 1. The van der Waals surface area contributed by atoms with Crippen molar-refractivity contribution in [3.63, 3.8) is 0 Å². The number of anilines is 2. The molecule has 0 saturated carbocycles. The number of ketones is 1. The Labute approximate surface area is 149 Å². The van der Waals surface area contributed by atoms with E-state index in [0.29, 0.717) is 16.3 Å². The quantitative estimate of drug-likeness (QED) is 0.484. The molecule has 0 spiro atoms. The molecule has 0 saturated heterocycles. The summed E-state index contributed by atoms with van der Waals surface area (Å²) in [6.07, 6.45) is -1.05. The predicted octanol–water partition coefficient (Wildman–Crippen LogP) is 3.31. The Morgan fingerprint density at radius 1 is 1.16 bits per heavy atom. The standard InChI is InChI=1S/C18H17ClN2O4/c1-10(22)12-4-3-5-14(8-12)21-17(23)11(2)25-18(24)15-7-6-13(19)9-16(15)20/h3-9,11H,20H2,1-2H3,(H,21,23)/t11-/m0/s1. The molecule has 0 fully saturated rings. The van der Waals surface area contributed by atoms with Crippen LogP contribution in [0.2, 0.25) is 5.02 Å². The number of nitrogens with two attached hydrogens (primary N) is 1. The molecule has 6 nitrogen and oxygen atoms in total. The summed E-state index contributed by atoms with van der Waals surface area (Å²) >= 11 is 5.78. The second-order valence-corrected chi connectivity index (χ2v) is 5.84. The van der Waals surface area contributed by atoms with Gasteiger partial charge in [-0.15, -0.1) is 0 Å². The van der Waals surface area contributed by atoms with Crippen molar-refractivity contribution in [2.24, 2.45) is 0 Å². The number of ether oxygens (including phenoxy) is 1. The van der Waals surface area contributed by atoms with Crippen LogP contribution in [-0.4, -0.2) is 23.8 Å². The molecule has 0 unspecified atom stereocenters. The molecule has 0 radical (unpaired) electrons. The van der Waals surface area contributed by atoms with Gasteiger partial charge in [-0.2, -0.15) is 0 Å². The van der Waals surface area contributed by atoms with E-state index in [-0.39, 0.29) is 17.0 Å². The molecular formula is C18H17ClN2O4. The summed E-state index contributed by atoms with van der Waals surface area (Å²) in [6, 6.07) is 10.8. The number of carbonyl (C=O) groups excluding carboxylic acids is 3. The van der Waals surface area contributed by atoms with Gasteiger partial charge in [0.1, 0.15) is 0 Å². The summed E-state index contributed by atoms with van der Waals surface area (Å²) < 4.78 is 5.13. The molecule has 0 heterocycles. The molecule has 3 N–H and O–H groups in total. The van der Waals surface area contributed by atoms with Gasteiger partial charge in [-0.3, -0.25) is 9.59 Å². The lowest BCUT2D eigenvalue weighted by Gasteiger charge is -2.14. The average Bonchev–Trinajstić information content (AvgIpc) is 2.54. The summed E-state index contributed by atoms with van der Waals surface area (Å²) in [5, 5.41) is 2.99. The van der Waals surface area contributed by atoms with Crippen molar-refractivity contribution < 1.29 is 19.1 Å². The van der Waals surface area contributed by atoms with Crippen LogP contribution < -0.4 is 11.1 Å². The Bertz CT molecular complexity index is 836. The molecule has 2 rings (SSSR count). The first-order valence-corrected chi connectivity index (χ1v) is 7.83. The summed E-state index contributed by atoms with van der Waals surface area (Å²) in [7, 11) is 0. The molecule has 1 atom stereocenters. The summed E-state index contributed by atoms with van der Waals surface area (Å²) in [5.41, 5.74) is 6.92. The molecule has 0 aliphatic carbocycles. The van der Waals surface area contributed by atoms with E-state index in [0.717, 1.165) is 0 Å². The first kappa shape index (κ1) is 18.5. The highest BCUT2D eigenvalue weighted by molar-refractivity contribution is 6.31. The normalized spacial score (nSPS) is 11.5. The maximum Gasteiger partial charge on any atom is 0.341 e. The third kappa shape index (κ3) is 4.81. The topological polar surface area (TPSA) is 98.5 Å². The molecule has 0 bridgehead atoms. The van der Waals surface area contributed by atoms with E-state index >= 15 is 0 Å². The molecule has 0 aliphatic rings. The first-order valence-electron chi connectivity index (χ1n) is 7.46. The van der Waals surface area contributed by atoms with Crippen LogP contribution in [0.25, 0.3) is 0 Å². The molecule has 7 heteroatoms. The highest BCUT2D eigenvalue weighted by Gasteiger charge is 2.20. The fourth-order valence-electron chi connectivity index (χ4n) is 2.06. The van der Waals surface area contributed by atoms with Crippen LogP contribution in [0, 0.1) is 0 Å². The fraction of sp³-hybridized carbons (Fsp3) is 0.167. The summed E-state index contributed by atoms with van der Waals surface area (Å²) in [4.78, 5) is 35.7.